The second-order valence-corrected chi connectivity index (χ2v) is 6.94. The number of carbonyl (C=O) groups excluding carboxylic acids is 2. The van der Waals surface area contributed by atoms with Crippen LogP contribution in [0.4, 0.5) is 0 Å². The van der Waals surface area contributed by atoms with Crippen LogP contribution in [0, 0.1) is 6.92 Å². The van der Waals surface area contributed by atoms with Crippen molar-refractivity contribution < 1.29 is 9.59 Å². The molecule has 2 rings (SSSR count). The number of primary amides is 1. The smallest absolute Gasteiger partial charge is 0.244 e. The molecule has 0 bridgehead atoms. The van der Waals surface area contributed by atoms with Gasteiger partial charge in [-0.05, 0) is 36.2 Å². The molecule has 0 saturated heterocycles. The van der Waals surface area contributed by atoms with E-state index >= 15 is 0 Å². The number of rotatable bonds is 6. The molecule has 23 heavy (non-hydrogen) atoms. The molecule has 0 heterocycles. The van der Waals surface area contributed by atoms with Crippen LogP contribution >= 0.6 is 27.7 Å². The molecule has 120 valence electrons. The fourth-order valence-electron chi connectivity index (χ4n) is 2.08. The van der Waals surface area contributed by atoms with Crippen LogP contribution in [0.3, 0.4) is 0 Å². The van der Waals surface area contributed by atoms with Crippen LogP contribution in [0.5, 0.6) is 0 Å². The van der Waals surface area contributed by atoms with Gasteiger partial charge < -0.3 is 11.1 Å². The average Bonchev–Trinajstić information content (AvgIpc) is 2.52. The van der Waals surface area contributed by atoms with Crippen molar-refractivity contribution in [3.63, 3.8) is 0 Å². The lowest BCUT2D eigenvalue weighted by Crippen LogP contribution is -2.38. The fourth-order valence-corrected chi connectivity index (χ4v) is 3.38. The third kappa shape index (κ3) is 5.11. The number of aryl methyl sites for hydroxylation is 1. The van der Waals surface area contributed by atoms with Crippen molar-refractivity contribution in [2.75, 3.05) is 5.75 Å². The van der Waals surface area contributed by atoms with E-state index in [4.69, 9.17) is 5.73 Å². The second kappa shape index (κ2) is 8.17. The second-order valence-electron chi connectivity index (χ2n) is 5.01. The number of nitrogens with two attached hydrogens (primary N) is 1. The lowest BCUT2D eigenvalue weighted by Gasteiger charge is -2.16. The SMILES string of the molecule is Cc1cc(Br)ccc1SCC(=O)NC(C(N)=O)c1ccccc1. The highest BCUT2D eigenvalue weighted by molar-refractivity contribution is 9.10. The summed E-state index contributed by atoms with van der Waals surface area (Å²) in [5.41, 5.74) is 7.17. The summed E-state index contributed by atoms with van der Waals surface area (Å²) in [5.74, 6) is -0.585. The van der Waals surface area contributed by atoms with Gasteiger partial charge in [-0.25, -0.2) is 0 Å². The molecule has 0 aromatic heterocycles. The zero-order chi connectivity index (χ0) is 16.8. The van der Waals surface area contributed by atoms with E-state index in [1.165, 1.54) is 11.8 Å². The molecule has 6 heteroatoms. The quantitative estimate of drug-likeness (QED) is 0.741. The number of halogens is 1. The molecule has 0 fully saturated rings. The highest BCUT2D eigenvalue weighted by Crippen LogP contribution is 2.25. The van der Waals surface area contributed by atoms with E-state index in [9.17, 15) is 9.59 Å². The molecule has 4 nitrogen and oxygen atoms in total. The highest BCUT2D eigenvalue weighted by atomic mass is 79.9. The predicted octanol–water partition coefficient (Wildman–Crippen LogP) is 3.19. The first-order valence-electron chi connectivity index (χ1n) is 7.00. The van der Waals surface area contributed by atoms with Gasteiger partial charge in [0.15, 0.2) is 0 Å². The van der Waals surface area contributed by atoms with E-state index in [2.05, 4.69) is 21.2 Å². The molecule has 2 amide bonds. The molecular formula is C17H17BrN2O2S. The number of carbonyl (C=O) groups is 2. The minimum Gasteiger partial charge on any atom is -0.368 e. The van der Waals surface area contributed by atoms with Crippen LogP contribution in [0.2, 0.25) is 0 Å². The first-order chi connectivity index (χ1) is 11.0. The van der Waals surface area contributed by atoms with Crippen molar-refractivity contribution in [2.45, 2.75) is 17.9 Å². The Kier molecular flexibility index (Phi) is 6.24. The zero-order valence-corrected chi connectivity index (χ0v) is 15.0. The molecular weight excluding hydrogens is 376 g/mol. The Morgan fingerprint density at radius 3 is 2.52 bits per heavy atom. The minimum atomic E-state index is -0.810. The Morgan fingerprint density at radius 1 is 1.22 bits per heavy atom. The Hall–Kier alpha value is -1.79. The summed E-state index contributed by atoms with van der Waals surface area (Å²) in [5, 5.41) is 2.69. The topological polar surface area (TPSA) is 72.2 Å². The number of hydrogen-bond donors (Lipinski definition) is 2. The van der Waals surface area contributed by atoms with E-state index in [-0.39, 0.29) is 11.7 Å². The van der Waals surface area contributed by atoms with Crippen LogP contribution in [0.25, 0.3) is 0 Å². The van der Waals surface area contributed by atoms with Crippen LogP contribution < -0.4 is 11.1 Å². The van der Waals surface area contributed by atoms with E-state index in [0.29, 0.717) is 5.56 Å². The van der Waals surface area contributed by atoms with Crippen molar-refractivity contribution in [3.05, 3.63) is 64.1 Å². The molecule has 1 atom stereocenters. The summed E-state index contributed by atoms with van der Waals surface area (Å²) in [6, 6.07) is 14.1. The molecule has 0 spiro atoms. The molecule has 0 aliphatic carbocycles. The lowest BCUT2D eigenvalue weighted by atomic mass is 10.1. The maximum atomic E-state index is 12.1. The van der Waals surface area contributed by atoms with Crippen LogP contribution in [-0.2, 0) is 9.59 Å². The van der Waals surface area contributed by atoms with Gasteiger partial charge in [-0.1, -0.05) is 46.3 Å². The van der Waals surface area contributed by atoms with Gasteiger partial charge in [-0.2, -0.15) is 0 Å². The maximum absolute atomic E-state index is 12.1. The zero-order valence-electron chi connectivity index (χ0n) is 12.6. The van der Waals surface area contributed by atoms with Gasteiger partial charge in [-0.15, -0.1) is 11.8 Å². The van der Waals surface area contributed by atoms with E-state index in [0.717, 1.165) is 14.9 Å². The van der Waals surface area contributed by atoms with Gasteiger partial charge in [-0.3, -0.25) is 9.59 Å². The Bertz CT molecular complexity index is 707. The largest absolute Gasteiger partial charge is 0.368 e. The Labute approximate surface area is 148 Å². The van der Waals surface area contributed by atoms with E-state index in [1.807, 2.05) is 31.2 Å². The standard InChI is InChI=1S/C17H17BrN2O2S/c1-11-9-13(18)7-8-14(11)23-10-15(21)20-16(17(19)22)12-5-3-2-4-6-12/h2-9,16H,10H2,1H3,(H2,19,22)(H,20,21). The summed E-state index contributed by atoms with van der Waals surface area (Å²) in [6.07, 6.45) is 0. The van der Waals surface area contributed by atoms with Gasteiger partial charge in [0.2, 0.25) is 11.8 Å². The van der Waals surface area contributed by atoms with Crippen LogP contribution in [-0.4, -0.2) is 17.6 Å². The summed E-state index contributed by atoms with van der Waals surface area (Å²) >= 11 is 4.84. The predicted molar refractivity (Wildman–Crippen MR) is 96.1 cm³/mol. The summed E-state index contributed by atoms with van der Waals surface area (Å²) < 4.78 is 1.00. The normalized spacial score (nSPS) is 11.7. The number of hydrogen-bond acceptors (Lipinski definition) is 3. The highest BCUT2D eigenvalue weighted by Gasteiger charge is 2.20. The Morgan fingerprint density at radius 2 is 1.91 bits per heavy atom. The number of thioether (sulfide) groups is 1. The van der Waals surface area contributed by atoms with Crippen molar-refractivity contribution in [2.24, 2.45) is 5.73 Å². The van der Waals surface area contributed by atoms with Gasteiger partial charge >= 0.3 is 0 Å². The van der Waals surface area contributed by atoms with Gasteiger partial charge in [0, 0.05) is 9.37 Å². The third-order valence-corrected chi connectivity index (χ3v) is 4.89. The van der Waals surface area contributed by atoms with Crippen molar-refractivity contribution in [1.82, 2.24) is 5.32 Å². The molecule has 1 unspecified atom stereocenters. The van der Waals surface area contributed by atoms with Crippen molar-refractivity contribution in [3.8, 4) is 0 Å². The van der Waals surface area contributed by atoms with Gasteiger partial charge in [0.1, 0.15) is 6.04 Å². The number of amides is 2. The van der Waals surface area contributed by atoms with Crippen LogP contribution in [0.15, 0.2) is 57.9 Å². The first kappa shape index (κ1) is 17.6. The van der Waals surface area contributed by atoms with Gasteiger partial charge in [0.05, 0.1) is 5.75 Å². The minimum absolute atomic E-state index is 0.221. The molecule has 2 aromatic carbocycles. The number of benzene rings is 2. The molecule has 3 N–H and O–H groups in total. The Balaban J connectivity index is 1.98. The van der Waals surface area contributed by atoms with Crippen molar-refractivity contribution in [1.29, 1.82) is 0 Å². The summed E-state index contributed by atoms with van der Waals surface area (Å²) in [6.45, 7) is 1.99. The third-order valence-electron chi connectivity index (χ3n) is 3.22. The van der Waals surface area contributed by atoms with E-state index in [1.54, 1.807) is 24.3 Å². The molecule has 2 aromatic rings. The first-order valence-corrected chi connectivity index (χ1v) is 8.78. The summed E-state index contributed by atoms with van der Waals surface area (Å²) in [4.78, 5) is 24.8. The number of nitrogens with one attached hydrogen (secondary N) is 1. The molecule has 0 aliphatic rings. The van der Waals surface area contributed by atoms with Gasteiger partial charge in [0.25, 0.3) is 0 Å². The monoisotopic (exact) mass is 392 g/mol. The fraction of sp³-hybridized carbons (Fsp3) is 0.176. The van der Waals surface area contributed by atoms with Crippen LogP contribution in [0.1, 0.15) is 17.2 Å². The average molecular weight is 393 g/mol. The lowest BCUT2D eigenvalue weighted by molar-refractivity contribution is -0.126. The summed E-state index contributed by atoms with van der Waals surface area (Å²) in [7, 11) is 0. The molecule has 0 aliphatic heterocycles. The van der Waals surface area contributed by atoms with E-state index < -0.39 is 11.9 Å². The molecule has 0 saturated carbocycles. The molecule has 0 radical (unpaired) electrons. The maximum Gasteiger partial charge on any atom is 0.244 e. The van der Waals surface area contributed by atoms with Crippen molar-refractivity contribution >= 4 is 39.5 Å².